The highest BCUT2D eigenvalue weighted by Crippen LogP contribution is 2.21. The van der Waals surface area contributed by atoms with E-state index in [0.717, 1.165) is 29.7 Å². The topological polar surface area (TPSA) is 64.3 Å². The first-order valence-corrected chi connectivity index (χ1v) is 6.31. The number of hydrogen-bond donors (Lipinski definition) is 2. The van der Waals surface area contributed by atoms with E-state index < -0.39 is 6.04 Å². The maximum absolute atomic E-state index is 11.3. The number of primary amides is 1. The number of carbonyl (C=O) groups excluding carboxylic acids is 1. The fraction of sp³-hybridized carbons (Fsp3) is 0.500. The van der Waals surface area contributed by atoms with Gasteiger partial charge in [-0.2, -0.15) is 0 Å². The van der Waals surface area contributed by atoms with Crippen LogP contribution in [0.15, 0.2) is 18.2 Å². The van der Waals surface area contributed by atoms with Crippen molar-refractivity contribution in [3.8, 4) is 5.75 Å². The van der Waals surface area contributed by atoms with Gasteiger partial charge in [-0.25, -0.2) is 0 Å². The average molecular weight is 248 g/mol. The van der Waals surface area contributed by atoms with Crippen molar-refractivity contribution in [2.75, 3.05) is 6.61 Å². The molecule has 1 amide bonds. The van der Waals surface area contributed by atoms with Gasteiger partial charge >= 0.3 is 0 Å². The predicted molar refractivity (Wildman–Crippen MR) is 70.6 cm³/mol. The molecule has 0 radical (unpaired) electrons. The maximum Gasteiger partial charge on any atom is 0.238 e. The normalized spacial score (nSPS) is 16.3. The van der Waals surface area contributed by atoms with Crippen molar-refractivity contribution < 1.29 is 9.53 Å². The highest BCUT2D eigenvalue weighted by atomic mass is 16.5. The lowest BCUT2D eigenvalue weighted by atomic mass is 10.1. The molecule has 1 aromatic rings. The van der Waals surface area contributed by atoms with Crippen LogP contribution < -0.4 is 15.8 Å². The lowest BCUT2D eigenvalue weighted by Gasteiger charge is -2.17. The van der Waals surface area contributed by atoms with E-state index in [-0.39, 0.29) is 12.5 Å². The van der Waals surface area contributed by atoms with Gasteiger partial charge < -0.3 is 15.8 Å². The SMILES string of the molecule is Cc1ccc(C)c(OCC(NC2CC2)C(N)=O)c1. The van der Waals surface area contributed by atoms with Gasteiger partial charge in [0.15, 0.2) is 0 Å². The van der Waals surface area contributed by atoms with E-state index in [1.54, 1.807) is 0 Å². The fourth-order valence-corrected chi connectivity index (χ4v) is 1.78. The first kappa shape index (κ1) is 12.9. The lowest BCUT2D eigenvalue weighted by molar-refractivity contribution is -0.120. The van der Waals surface area contributed by atoms with Gasteiger partial charge in [0, 0.05) is 6.04 Å². The van der Waals surface area contributed by atoms with Gasteiger partial charge in [0.25, 0.3) is 0 Å². The zero-order valence-corrected chi connectivity index (χ0v) is 10.9. The minimum atomic E-state index is -0.405. The number of nitrogens with two attached hydrogens (primary N) is 1. The third-order valence-electron chi connectivity index (χ3n) is 3.11. The molecule has 1 aliphatic carbocycles. The molecule has 1 aliphatic rings. The molecule has 18 heavy (non-hydrogen) atoms. The van der Waals surface area contributed by atoms with Crippen LogP contribution in [0.4, 0.5) is 0 Å². The molecule has 0 heterocycles. The first-order chi connectivity index (χ1) is 8.56. The van der Waals surface area contributed by atoms with Crippen molar-refractivity contribution in [1.82, 2.24) is 5.32 Å². The Morgan fingerprint density at radius 1 is 1.50 bits per heavy atom. The number of benzene rings is 1. The molecule has 98 valence electrons. The van der Waals surface area contributed by atoms with E-state index in [4.69, 9.17) is 10.5 Å². The number of aryl methyl sites for hydroxylation is 2. The van der Waals surface area contributed by atoms with Crippen LogP contribution in [-0.2, 0) is 4.79 Å². The van der Waals surface area contributed by atoms with Gasteiger partial charge in [-0.3, -0.25) is 4.79 Å². The molecular formula is C14H20N2O2. The van der Waals surface area contributed by atoms with Gasteiger partial charge in [0.2, 0.25) is 5.91 Å². The highest BCUT2D eigenvalue weighted by Gasteiger charge is 2.27. The fourth-order valence-electron chi connectivity index (χ4n) is 1.78. The van der Waals surface area contributed by atoms with Crippen LogP contribution in [0.3, 0.4) is 0 Å². The summed E-state index contributed by atoms with van der Waals surface area (Å²) in [6.07, 6.45) is 2.24. The number of carbonyl (C=O) groups is 1. The number of hydrogen-bond acceptors (Lipinski definition) is 3. The molecule has 4 nitrogen and oxygen atoms in total. The summed E-state index contributed by atoms with van der Waals surface area (Å²) < 4.78 is 5.71. The summed E-state index contributed by atoms with van der Waals surface area (Å²) >= 11 is 0. The summed E-state index contributed by atoms with van der Waals surface area (Å²) in [5.74, 6) is 0.464. The van der Waals surface area contributed by atoms with Crippen molar-refractivity contribution >= 4 is 5.91 Å². The van der Waals surface area contributed by atoms with Crippen LogP contribution in [0.25, 0.3) is 0 Å². The molecule has 0 spiro atoms. The summed E-state index contributed by atoms with van der Waals surface area (Å²) in [5.41, 5.74) is 7.57. The highest BCUT2D eigenvalue weighted by molar-refractivity contribution is 5.80. The van der Waals surface area contributed by atoms with Crippen LogP contribution >= 0.6 is 0 Å². The van der Waals surface area contributed by atoms with E-state index in [1.165, 1.54) is 0 Å². The molecule has 4 heteroatoms. The van der Waals surface area contributed by atoms with Gasteiger partial charge in [-0.1, -0.05) is 12.1 Å². The van der Waals surface area contributed by atoms with E-state index in [9.17, 15) is 4.79 Å². The molecule has 1 fully saturated rings. The molecule has 1 aromatic carbocycles. The van der Waals surface area contributed by atoms with Crippen molar-refractivity contribution in [3.63, 3.8) is 0 Å². The zero-order valence-electron chi connectivity index (χ0n) is 10.9. The Balaban J connectivity index is 1.95. The minimum Gasteiger partial charge on any atom is -0.491 e. The molecule has 0 aromatic heterocycles. The lowest BCUT2D eigenvalue weighted by Crippen LogP contribution is -2.46. The van der Waals surface area contributed by atoms with Crippen molar-refractivity contribution in [2.24, 2.45) is 5.73 Å². The summed E-state index contributed by atoms with van der Waals surface area (Å²) in [4.78, 5) is 11.3. The van der Waals surface area contributed by atoms with Crippen LogP contribution in [0, 0.1) is 13.8 Å². The van der Waals surface area contributed by atoms with Gasteiger partial charge in [0.1, 0.15) is 18.4 Å². The molecule has 1 unspecified atom stereocenters. The van der Waals surface area contributed by atoms with E-state index in [2.05, 4.69) is 5.32 Å². The van der Waals surface area contributed by atoms with Crippen molar-refractivity contribution in [3.05, 3.63) is 29.3 Å². The third-order valence-corrected chi connectivity index (χ3v) is 3.11. The standard InChI is InChI=1S/C14H20N2O2/c1-9-3-4-10(2)13(7-9)18-8-12(14(15)17)16-11-5-6-11/h3-4,7,11-12,16H,5-6,8H2,1-2H3,(H2,15,17). The van der Waals surface area contributed by atoms with Crippen molar-refractivity contribution in [2.45, 2.75) is 38.8 Å². The number of rotatable bonds is 6. The van der Waals surface area contributed by atoms with Crippen molar-refractivity contribution in [1.29, 1.82) is 0 Å². The first-order valence-electron chi connectivity index (χ1n) is 6.31. The Hall–Kier alpha value is -1.55. The quantitative estimate of drug-likeness (QED) is 0.797. The Kier molecular flexibility index (Phi) is 3.87. The smallest absolute Gasteiger partial charge is 0.238 e. The summed E-state index contributed by atoms with van der Waals surface area (Å²) in [6.45, 7) is 4.29. The molecule has 1 saturated carbocycles. The average Bonchev–Trinajstić information content (AvgIpc) is 3.12. The van der Waals surface area contributed by atoms with Gasteiger partial charge in [-0.15, -0.1) is 0 Å². The summed E-state index contributed by atoms with van der Waals surface area (Å²) in [5, 5.41) is 3.20. The third kappa shape index (κ3) is 3.47. The summed E-state index contributed by atoms with van der Waals surface area (Å²) in [6, 6.07) is 6.06. The number of ether oxygens (including phenoxy) is 1. The molecule has 1 atom stereocenters. The van der Waals surface area contributed by atoms with E-state index >= 15 is 0 Å². The second-order valence-corrected chi connectivity index (χ2v) is 4.98. The van der Waals surface area contributed by atoms with Crippen LogP contribution in [0.2, 0.25) is 0 Å². The monoisotopic (exact) mass is 248 g/mol. The molecular weight excluding hydrogens is 228 g/mol. The Morgan fingerprint density at radius 2 is 2.22 bits per heavy atom. The Labute approximate surface area is 108 Å². The largest absolute Gasteiger partial charge is 0.491 e. The Bertz CT molecular complexity index is 441. The molecule has 0 saturated heterocycles. The predicted octanol–water partition coefficient (Wildman–Crippen LogP) is 1.29. The second-order valence-electron chi connectivity index (χ2n) is 4.98. The second kappa shape index (κ2) is 5.40. The van der Waals surface area contributed by atoms with Crippen LogP contribution in [-0.4, -0.2) is 24.6 Å². The molecule has 0 bridgehead atoms. The van der Waals surface area contributed by atoms with Gasteiger partial charge in [-0.05, 0) is 43.9 Å². The summed E-state index contributed by atoms with van der Waals surface area (Å²) in [7, 11) is 0. The van der Waals surface area contributed by atoms with E-state index in [1.807, 2.05) is 32.0 Å². The maximum atomic E-state index is 11.3. The van der Waals surface area contributed by atoms with E-state index in [0.29, 0.717) is 6.04 Å². The molecule has 0 aliphatic heterocycles. The Morgan fingerprint density at radius 3 is 2.83 bits per heavy atom. The zero-order chi connectivity index (χ0) is 13.1. The van der Waals surface area contributed by atoms with Crippen LogP contribution in [0.5, 0.6) is 5.75 Å². The van der Waals surface area contributed by atoms with Gasteiger partial charge in [0.05, 0.1) is 0 Å². The minimum absolute atomic E-state index is 0.288. The van der Waals surface area contributed by atoms with Crippen LogP contribution in [0.1, 0.15) is 24.0 Å². The number of amides is 1. The molecule has 2 rings (SSSR count). The number of nitrogens with one attached hydrogen (secondary N) is 1. The molecule has 3 N–H and O–H groups in total.